The molecule has 0 saturated heterocycles. The summed E-state index contributed by atoms with van der Waals surface area (Å²) in [6, 6.07) is 8.64. The molecule has 0 fully saturated rings. The maximum atomic E-state index is 12.5. The molecule has 0 atom stereocenters. The van der Waals surface area contributed by atoms with E-state index in [2.05, 4.69) is 15.0 Å². The Labute approximate surface area is 124 Å². The van der Waals surface area contributed by atoms with Gasteiger partial charge in [-0.05, 0) is 49.6 Å². The van der Waals surface area contributed by atoms with E-state index in [4.69, 9.17) is 0 Å². The SMILES string of the molecule is Cc1ncccc1NS(=O)(=O)c1ccc2c(c1)NCCC2. The van der Waals surface area contributed by atoms with Crippen molar-refractivity contribution in [2.75, 3.05) is 16.6 Å². The Morgan fingerprint density at radius 3 is 2.95 bits per heavy atom. The third-order valence-electron chi connectivity index (χ3n) is 3.58. The van der Waals surface area contributed by atoms with Gasteiger partial charge in [0.1, 0.15) is 0 Å². The standard InChI is InChI=1S/C15H17N3O2S/c1-11-14(5-3-8-16-11)18-21(19,20)13-7-6-12-4-2-9-17-15(12)10-13/h3,5-8,10,17-18H,2,4,9H2,1H3. The van der Waals surface area contributed by atoms with E-state index in [0.29, 0.717) is 11.4 Å². The van der Waals surface area contributed by atoms with E-state index in [9.17, 15) is 8.42 Å². The van der Waals surface area contributed by atoms with Crippen molar-refractivity contribution in [3.63, 3.8) is 0 Å². The second-order valence-corrected chi connectivity index (χ2v) is 6.77. The number of aryl methyl sites for hydroxylation is 2. The van der Waals surface area contributed by atoms with Crippen LogP contribution in [0.2, 0.25) is 0 Å². The van der Waals surface area contributed by atoms with Gasteiger partial charge in [0, 0.05) is 18.4 Å². The van der Waals surface area contributed by atoms with Gasteiger partial charge in [-0.3, -0.25) is 9.71 Å². The smallest absolute Gasteiger partial charge is 0.262 e. The van der Waals surface area contributed by atoms with Crippen LogP contribution in [0.4, 0.5) is 11.4 Å². The average Bonchev–Trinajstić information content (AvgIpc) is 2.49. The molecule has 1 aromatic heterocycles. The summed E-state index contributed by atoms with van der Waals surface area (Å²) >= 11 is 0. The number of hydrogen-bond acceptors (Lipinski definition) is 4. The van der Waals surface area contributed by atoms with Crippen molar-refractivity contribution < 1.29 is 8.42 Å². The number of sulfonamides is 1. The molecule has 2 N–H and O–H groups in total. The van der Waals surface area contributed by atoms with Gasteiger partial charge in [0.05, 0.1) is 16.3 Å². The largest absolute Gasteiger partial charge is 0.385 e. The molecule has 0 radical (unpaired) electrons. The van der Waals surface area contributed by atoms with Crippen LogP contribution in [0.15, 0.2) is 41.4 Å². The Balaban J connectivity index is 1.93. The lowest BCUT2D eigenvalue weighted by Gasteiger charge is -2.19. The normalized spacial score (nSPS) is 14.1. The van der Waals surface area contributed by atoms with Crippen LogP contribution in [-0.4, -0.2) is 19.9 Å². The zero-order valence-corrected chi connectivity index (χ0v) is 12.6. The number of anilines is 2. The van der Waals surface area contributed by atoms with Gasteiger partial charge in [0.25, 0.3) is 10.0 Å². The zero-order chi connectivity index (χ0) is 14.9. The number of hydrogen-bond donors (Lipinski definition) is 2. The Kier molecular flexibility index (Phi) is 3.55. The Morgan fingerprint density at radius 2 is 2.14 bits per heavy atom. The summed E-state index contributed by atoms with van der Waals surface area (Å²) in [5.41, 5.74) is 3.23. The maximum absolute atomic E-state index is 12.5. The Hall–Kier alpha value is -2.08. The van der Waals surface area contributed by atoms with Crippen LogP contribution < -0.4 is 10.0 Å². The third kappa shape index (κ3) is 2.85. The first-order chi connectivity index (χ1) is 10.1. The van der Waals surface area contributed by atoms with E-state index in [1.807, 2.05) is 6.07 Å². The van der Waals surface area contributed by atoms with Crippen molar-refractivity contribution in [2.45, 2.75) is 24.7 Å². The van der Waals surface area contributed by atoms with Gasteiger partial charge in [-0.1, -0.05) is 6.07 Å². The number of aromatic nitrogens is 1. The van der Waals surface area contributed by atoms with E-state index < -0.39 is 10.0 Å². The predicted octanol–water partition coefficient (Wildman–Crippen LogP) is 2.55. The van der Waals surface area contributed by atoms with Gasteiger partial charge in [-0.15, -0.1) is 0 Å². The first-order valence-electron chi connectivity index (χ1n) is 6.87. The minimum absolute atomic E-state index is 0.263. The molecule has 0 unspecified atom stereocenters. The van der Waals surface area contributed by atoms with Gasteiger partial charge in [0.15, 0.2) is 0 Å². The molecule has 0 bridgehead atoms. The van der Waals surface area contributed by atoms with Crippen LogP contribution in [0.5, 0.6) is 0 Å². The van der Waals surface area contributed by atoms with E-state index in [1.54, 1.807) is 37.4 Å². The lowest BCUT2D eigenvalue weighted by molar-refractivity contribution is 0.601. The summed E-state index contributed by atoms with van der Waals surface area (Å²) in [6.45, 7) is 2.65. The second kappa shape index (κ2) is 5.37. The molecular weight excluding hydrogens is 286 g/mol. The highest BCUT2D eigenvalue weighted by Crippen LogP contribution is 2.26. The van der Waals surface area contributed by atoms with Crippen LogP contribution in [-0.2, 0) is 16.4 Å². The van der Waals surface area contributed by atoms with Gasteiger partial charge in [-0.25, -0.2) is 8.42 Å². The first kappa shape index (κ1) is 13.9. The van der Waals surface area contributed by atoms with Gasteiger partial charge >= 0.3 is 0 Å². The highest BCUT2D eigenvalue weighted by atomic mass is 32.2. The van der Waals surface area contributed by atoms with Crippen molar-refractivity contribution in [3.8, 4) is 0 Å². The molecule has 2 heterocycles. The number of benzene rings is 1. The summed E-state index contributed by atoms with van der Waals surface area (Å²) in [7, 11) is -3.60. The minimum atomic E-state index is -3.60. The Bertz CT molecular complexity index is 772. The average molecular weight is 303 g/mol. The number of pyridine rings is 1. The Morgan fingerprint density at radius 1 is 1.29 bits per heavy atom. The number of nitrogens with zero attached hydrogens (tertiary/aromatic N) is 1. The fourth-order valence-corrected chi connectivity index (χ4v) is 3.55. The van der Waals surface area contributed by atoms with Crippen LogP contribution >= 0.6 is 0 Å². The molecule has 6 heteroatoms. The summed E-state index contributed by atoms with van der Waals surface area (Å²) in [6.07, 6.45) is 3.69. The lowest BCUT2D eigenvalue weighted by Crippen LogP contribution is -2.16. The quantitative estimate of drug-likeness (QED) is 0.914. The van der Waals surface area contributed by atoms with Crippen LogP contribution in [0.1, 0.15) is 17.7 Å². The number of nitrogens with one attached hydrogen (secondary N) is 2. The predicted molar refractivity (Wildman–Crippen MR) is 83.0 cm³/mol. The van der Waals surface area contributed by atoms with Gasteiger partial charge < -0.3 is 5.32 Å². The van der Waals surface area contributed by atoms with Crippen molar-refractivity contribution in [2.24, 2.45) is 0 Å². The molecule has 110 valence electrons. The molecule has 2 aromatic rings. The molecular formula is C15H17N3O2S. The summed E-state index contributed by atoms with van der Waals surface area (Å²) in [5.74, 6) is 0. The van der Waals surface area contributed by atoms with Crippen LogP contribution in [0.25, 0.3) is 0 Å². The van der Waals surface area contributed by atoms with Crippen molar-refractivity contribution >= 4 is 21.4 Å². The van der Waals surface area contributed by atoms with Crippen molar-refractivity contribution in [1.82, 2.24) is 4.98 Å². The summed E-state index contributed by atoms with van der Waals surface area (Å²) in [4.78, 5) is 4.35. The van der Waals surface area contributed by atoms with E-state index in [0.717, 1.165) is 30.6 Å². The molecule has 5 nitrogen and oxygen atoms in total. The van der Waals surface area contributed by atoms with E-state index in [-0.39, 0.29) is 4.90 Å². The first-order valence-corrected chi connectivity index (χ1v) is 8.36. The summed E-state index contributed by atoms with van der Waals surface area (Å²) in [5, 5.41) is 3.25. The number of fused-ring (bicyclic) bond motifs is 1. The van der Waals surface area contributed by atoms with E-state index in [1.165, 1.54) is 0 Å². The third-order valence-corrected chi connectivity index (χ3v) is 4.94. The topological polar surface area (TPSA) is 71.1 Å². The zero-order valence-electron chi connectivity index (χ0n) is 11.8. The van der Waals surface area contributed by atoms with Crippen molar-refractivity contribution in [3.05, 3.63) is 47.8 Å². The summed E-state index contributed by atoms with van der Waals surface area (Å²) < 4.78 is 27.5. The molecule has 0 amide bonds. The molecule has 3 rings (SSSR count). The van der Waals surface area contributed by atoms with Crippen LogP contribution in [0.3, 0.4) is 0 Å². The molecule has 1 aliphatic heterocycles. The highest BCUT2D eigenvalue weighted by Gasteiger charge is 2.18. The van der Waals surface area contributed by atoms with Crippen molar-refractivity contribution in [1.29, 1.82) is 0 Å². The monoisotopic (exact) mass is 303 g/mol. The second-order valence-electron chi connectivity index (χ2n) is 5.09. The molecule has 1 aromatic carbocycles. The molecule has 0 spiro atoms. The lowest BCUT2D eigenvalue weighted by atomic mass is 10.0. The fraction of sp³-hybridized carbons (Fsp3) is 0.267. The minimum Gasteiger partial charge on any atom is -0.385 e. The molecule has 0 aliphatic carbocycles. The molecule has 21 heavy (non-hydrogen) atoms. The highest BCUT2D eigenvalue weighted by molar-refractivity contribution is 7.92. The van der Waals surface area contributed by atoms with Crippen LogP contribution in [0, 0.1) is 6.92 Å². The molecule has 1 aliphatic rings. The van der Waals surface area contributed by atoms with Gasteiger partial charge in [-0.2, -0.15) is 0 Å². The fourth-order valence-electron chi connectivity index (χ4n) is 2.40. The van der Waals surface area contributed by atoms with Gasteiger partial charge in [0.2, 0.25) is 0 Å². The maximum Gasteiger partial charge on any atom is 0.262 e. The molecule has 0 saturated carbocycles. The number of rotatable bonds is 3. The van der Waals surface area contributed by atoms with E-state index >= 15 is 0 Å².